The Morgan fingerprint density at radius 1 is 1.40 bits per heavy atom. The van der Waals surface area contributed by atoms with Crippen LogP contribution < -0.4 is 0 Å². The molecule has 1 aliphatic rings. The molecule has 7 heteroatoms. The molecular formula is C13H18ClNO3S2. The van der Waals surface area contributed by atoms with Crippen LogP contribution in [0.1, 0.15) is 40.7 Å². The number of halogens is 1. The fraction of sp³-hybridized carbons (Fsp3) is 0.615. The van der Waals surface area contributed by atoms with E-state index >= 15 is 0 Å². The number of thiophene rings is 1. The van der Waals surface area contributed by atoms with Crippen molar-refractivity contribution in [3.8, 4) is 0 Å². The lowest BCUT2D eigenvalue weighted by Gasteiger charge is -2.19. The number of carbonyl (C=O) groups is 1. The Morgan fingerprint density at radius 2 is 2.10 bits per heavy atom. The van der Waals surface area contributed by atoms with Crippen molar-refractivity contribution in [1.82, 2.24) is 4.90 Å². The van der Waals surface area contributed by atoms with E-state index in [1.807, 2.05) is 4.90 Å². The first kappa shape index (κ1) is 15.8. The van der Waals surface area contributed by atoms with Crippen molar-refractivity contribution in [2.45, 2.75) is 38.0 Å². The fourth-order valence-corrected chi connectivity index (χ4v) is 5.07. The van der Waals surface area contributed by atoms with Gasteiger partial charge >= 0.3 is 0 Å². The third-order valence-corrected chi connectivity index (χ3v) is 6.27. The van der Waals surface area contributed by atoms with Gasteiger partial charge in [-0.2, -0.15) is 0 Å². The number of hydrogen-bond acceptors (Lipinski definition) is 4. The molecule has 2 heterocycles. The average molecular weight is 336 g/mol. The molecule has 2 rings (SSSR count). The number of rotatable bonds is 2. The summed E-state index contributed by atoms with van der Waals surface area (Å²) < 4.78 is 22.8. The number of hydrogen-bond donors (Lipinski definition) is 0. The van der Waals surface area contributed by atoms with E-state index in [4.69, 9.17) is 10.7 Å². The molecule has 1 aromatic rings. The molecule has 1 unspecified atom stereocenters. The van der Waals surface area contributed by atoms with Crippen LogP contribution in [0.25, 0.3) is 0 Å². The topological polar surface area (TPSA) is 54.5 Å². The quantitative estimate of drug-likeness (QED) is 0.779. The second kappa shape index (κ2) is 6.03. The first-order valence-corrected chi connectivity index (χ1v) is 9.76. The van der Waals surface area contributed by atoms with Crippen molar-refractivity contribution < 1.29 is 13.2 Å². The molecule has 1 aliphatic heterocycles. The Labute approximate surface area is 128 Å². The van der Waals surface area contributed by atoms with Crippen molar-refractivity contribution in [3.63, 3.8) is 0 Å². The van der Waals surface area contributed by atoms with E-state index in [1.54, 1.807) is 6.92 Å². The zero-order valence-corrected chi connectivity index (χ0v) is 13.9. The van der Waals surface area contributed by atoms with Crippen LogP contribution in [0, 0.1) is 12.8 Å². The van der Waals surface area contributed by atoms with E-state index in [0.29, 0.717) is 15.7 Å². The van der Waals surface area contributed by atoms with E-state index in [2.05, 4.69) is 6.92 Å². The van der Waals surface area contributed by atoms with Gasteiger partial charge in [-0.3, -0.25) is 4.79 Å². The number of carbonyl (C=O) groups excluding carboxylic acids is 1. The zero-order chi connectivity index (χ0) is 14.9. The van der Waals surface area contributed by atoms with Crippen LogP contribution in [-0.4, -0.2) is 32.3 Å². The normalized spacial score (nSPS) is 20.8. The van der Waals surface area contributed by atoms with Crippen LogP contribution in [0.4, 0.5) is 0 Å². The summed E-state index contributed by atoms with van der Waals surface area (Å²) in [7, 11) is 1.59. The highest BCUT2D eigenvalue weighted by atomic mass is 35.7. The molecule has 1 fully saturated rings. The van der Waals surface area contributed by atoms with Crippen LogP contribution in [0.5, 0.6) is 0 Å². The first-order chi connectivity index (χ1) is 9.29. The summed E-state index contributed by atoms with van der Waals surface area (Å²) in [5.41, 5.74) is 0. The molecule has 0 spiro atoms. The SMILES string of the molecule is Cc1sc(C(=O)N2CCCC(C)CC2)cc1S(=O)(=O)Cl. The standard InChI is InChI=1S/C13H18ClNO3S2/c1-9-4-3-6-15(7-5-9)13(16)11-8-12(10(2)19-11)20(14,17)18/h8-9H,3-7H2,1-2H3. The Morgan fingerprint density at radius 3 is 2.70 bits per heavy atom. The fourth-order valence-electron chi connectivity index (χ4n) is 2.43. The minimum absolute atomic E-state index is 0.0516. The largest absolute Gasteiger partial charge is 0.338 e. The molecule has 0 aromatic carbocycles. The number of aryl methyl sites for hydroxylation is 1. The molecule has 1 aromatic heterocycles. The van der Waals surface area contributed by atoms with Gasteiger partial charge in [0.05, 0.1) is 9.77 Å². The number of nitrogens with zero attached hydrogens (tertiary/aromatic N) is 1. The van der Waals surface area contributed by atoms with Crippen LogP contribution in [0.2, 0.25) is 0 Å². The second-order valence-electron chi connectivity index (χ2n) is 5.30. The van der Waals surface area contributed by atoms with E-state index < -0.39 is 9.05 Å². The Kier molecular flexibility index (Phi) is 4.76. The first-order valence-electron chi connectivity index (χ1n) is 6.63. The van der Waals surface area contributed by atoms with Gasteiger partial charge < -0.3 is 4.90 Å². The molecule has 0 aliphatic carbocycles. The summed E-state index contributed by atoms with van der Waals surface area (Å²) >= 11 is 1.20. The predicted octanol–water partition coefficient (Wildman–Crippen LogP) is 3.25. The van der Waals surface area contributed by atoms with Gasteiger partial charge in [-0.25, -0.2) is 8.42 Å². The van der Waals surface area contributed by atoms with Crippen LogP contribution in [0.3, 0.4) is 0 Å². The molecule has 112 valence electrons. The molecule has 0 saturated carbocycles. The Bertz CT molecular complexity index is 609. The van der Waals surface area contributed by atoms with Crippen molar-refractivity contribution in [2.75, 3.05) is 13.1 Å². The molecule has 0 N–H and O–H groups in total. The monoisotopic (exact) mass is 335 g/mol. The zero-order valence-electron chi connectivity index (χ0n) is 11.6. The lowest BCUT2D eigenvalue weighted by Crippen LogP contribution is -2.31. The maximum Gasteiger partial charge on any atom is 0.263 e. The second-order valence-corrected chi connectivity index (χ2v) is 9.09. The minimum atomic E-state index is -3.78. The van der Waals surface area contributed by atoms with E-state index in [-0.39, 0.29) is 10.8 Å². The molecule has 1 amide bonds. The van der Waals surface area contributed by atoms with Gasteiger partial charge in [0.1, 0.15) is 0 Å². The lowest BCUT2D eigenvalue weighted by molar-refractivity contribution is 0.0765. The van der Waals surface area contributed by atoms with Gasteiger partial charge in [0.25, 0.3) is 15.0 Å². The van der Waals surface area contributed by atoms with Gasteiger partial charge in [-0.15, -0.1) is 11.3 Å². The van der Waals surface area contributed by atoms with E-state index in [9.17, 15) is 13.2 Å². The van der Waals surface area contributed by atoms with Gasteiger partial charge in [0.2, 0.25) is 0 Å². The highest BCUT2D eigenvalue weighted by Gasteiger charge is 2.24. The summed E-state index contributed by atoms with van der Waals surface area (Å²) in [5, 5.41) is 0. The maximum absolute atomic E-state index is 12.5. The molecule has 0 radical (unpaired) electrons. The summed E-state index contributed by atoms with van der Waals surface area (Å²) in [5.74, 6) is 0.551. The van der Waals surface area contributed by atoms with Crippen LogP contribution >= 0.6 is 22.0 Å². The van der Waals surface area contributed by atoms with E-state index in [1.165, 1.54) is 17.4 Å². The van der Waals surface area contributed by atoms with Gasteiger partial charge in [-0.05, 0) is 38.2 Å². The summed E-state index contributed by atoms with van der Waals surface area (Å²) in [4.78, 5) is 15.3. The molecule has 0 bridgehead atoms. The number of amides is 1. The van der Waals surface area contributed by atoms with E-state index in [0.717, 1.165) is 32.4 Å². The lowest BCUT2D eigenvalue weighted by atomic mass is 10.0. The smallest absolute Gasteiger partial charge is 0.263 e. The summed E-state index contributed by atoms with van der Waals surface area (Å²) in [6.45, 7) is 5.34. The van der Waals surface area contributed by atoms with Crippen LogP contribution in [-0.2, 0) is 9.05 Å². The van der Waals surface area contributed by atoms with Gasteiger partial charge in [0.15, 0.2) is 0 Å². The highest BCUT2D eigenvalue weighted by molar-refractivity contribution is 8.13. The highest BCUT2D eigenvalue weighted by Crippen LogP contribution is 2.29. The minimum Gasteiger partial charge on any atom is -0.338 e. The summed E-state index contributed by atoms with van der Waals surface area (Å²) in [6, 6.07) is 1.40. The number of likely N-dealkylation sites (tertiary alicyclic amines) is 1. The van der Waals surface area contributed by atoms with Crippen molar-refractivity contribution in [1.29, 1.82) is 0 Å². The molecule has 1 atom stereocenters. The van der Waals surface area contributed by atoms with Crippen molar-refractivity contribution in [3.05, 3.63) is 15.8 Å². The third-order valence-electron chi connectivity index (χ3n) is 3.65. The molecule has 1 saturated heterocycles. The average Bonchev–Trinajstić information content (AvgIpc) is 2.61. The molecule has 4 nitrogen and oxygen atoms in total. The van der Waals surface area contributed by atoms with Crippen LogP contribution in [0.15, 0.2) is 11.0 Å². The molecular weight excluding hydrogens is 318 g/mol. The Hall–Kier alpha value is -0.590. The van der Waals surface area contributed by atoms with Crippen molar-refractivity contribution >= 4 is 37.0 Å². The molecule has 20 heavy (non-hydrogen) atoms. The predicted molar refractivity (Wildman–Crippen MR) is 81.0 cm³/mol. The summed E-state index contributed by atoms with van der Waals surface area (Å²) in [6.07, 6.45) is 3.13. The van der Waals surface area contributed by atoms with Crippen molar-refractivity contribution in [2.24, 2.45) is 5.92 Å². The van der Waals surface area contributed by atoms with Gasteiger partial charge in [-0.1, -0.05) is 6.92 Å². The van der Waals surface area contributed by atoms with Gasteiger partial charge in [0, 0.05) is 28.6 Å². The Balaban J connectivity index is 2.21. The third kappa shape index (κ3) is 3.54. The maximum atomic E-state index is 12.5.